The Bertz CT molecular complexity index is 754. The maximum atomic E-state index is 5.91. The van der Waals surface area contributed by atoms with E-state index in [1.165, 1.54) is 0 Å². The first-order chi connectivity index (χ1) is 10.3. The van der Waals surface area contributed by atoms with Crippen molar-refractivity contribution in [2.75, 3.05) is 13.0 Å². The zero-order valence-electron chi connectivity index (χ0n) is 11.8. The third-order valence-corrected chi connectivity index (χ3v) is 3.47. The van der Waals surface area contributed by atoms with Crippen LogP contribution in [-0.2, 0) is 17.8 Å². The maximum absolute atomic E-state index is 5.91. The van der Waals surface area contributed by atoms with Crippen LogP contribution in [0.1, 0.15) is 11.4 Å². The molecule has 0 fully saturated rings. The van der Waals surface area contributed by atoms with Crippen LogP contribution in [0.5, 0.6) is 0 Å². The van der Waals surface area contributed by atoms with Gasteiger partial charge in [-0.15, -0.1) is 11.6 Å². The van der Waals surface area contributed by atoms with Crippen molar-refractivity contribution in [2.45, 2.75) is 13.0 Å². The van der Waals surface area contributed by atoms with Gasteiger partial charge in [0.05, 0.1) is 6.61 Å². The van der Waals surface area contributed by atoms with E-state index in [2.05, 4.69) is 20.6 Å². The summed E-state index contributed by atoms with van der Waals surface area (Å²) in [6.45, 7) is 0.582. The number of imidazole rings is 1. The molecule has 5 heteroatoms. The third-order valence-electron chi connectivity index (χ3n) is 3.28. The number of alkyl halides is 1. The Hall–Kier alpha value is -1.91. The highest BCUT2D eigenvalue weighted by Crippen LogP contribution is 2.21. The molecular weight excluding hydrogens is 286 g/mol. The molecule has 4 nitrogen and oxygen atoms in total. The predicted octanol–water partition coefficient (Wildman–Crippen LogP) is 3.35. The lowest BCUT2D eigenvalue weighted by molar-refractivity contribution is 0.185. The number of pyridine rings is 1. The van der Waals surface area contributed by atoms with Gasteiger partial charge in [-0.25, -0.2) is 9.97 Å². The number of nitrogens with zero attached hydrogens (tertiary/aromatic N) is 3. The summed E-state index contributed by atoms with van der Waals surface area (Å²) in [4.78, 5) is 9.10. The minimum atomic E-state index is 0.529. The van der Waals surface area contributed by atoms with Crippen LogP contribution in [-0.4, -0.2) is 27.5 Å². The van der Waals surface area contributed by atoms with Crippen LogP contribution in [0.2, 0.25) is 0 Å². The van der Waals surface area contributed by atoms with E-state index in [-0.39, 0.29) is 0 Å². The number of hydrogen-bond acceptors (Lipinski definition) is 3. The highest BCUT2D eigenvalue weighted by atomic mass is 35.5. The number of hydrogen-bond donors (Lipinski definition) is 0. The SMILES string of the molecule is COCc1cccc(-n2c(CCCl)nc3cccnc32)c1. The summed E-state index contributed by atoms with van der Waals surface area (Å²) in [6.07, 6.45) is 2.48. The van der Waals surface area contributed by atoms with Gasteiger partial charge in [0.1, 0.15) is 11.3 Å². The van der Waals surface area contributed by atoms with E-state index in [1.54, 1.807) is 13.3 Å². The molecule has 0 unspecified atom stereocenters. The molecule has 3 rings (SSSR count). The van der Waals surface area contributed by atoms with Crippen LogP contribution in [0, 0.1) is 0 Å². The number of benzene rings is 1. The van der Waals surface area contributed by atoms with Crippen LogP contribution >= 0.6 is 11.6 Å². The van der Waals surface area contributed by atoms with Crippen molar-refractivity contribution in [3.05, 3.63) is 54.0 Å². The summed E-state index contributed by atoms with van der Waals surface area (Å²) in [7, 11) is 1.69. The fourth-order valence-corrected chi connectivity index (χ4v) is 2.60. The molecule has 0 N–H and O–H groups in total. The Balaban J connectivity index is 2.17. The van der Waals surface area contributed by atoms with Gasteiger partial charge in [-0.1, -0.05) is 12.1 Å². The van der Waals surface area contributed by atoms with Crippen molar-refractivity contribution in [1.82, 2.24) is 14.5 Å². The van der Waals surface area contributed by atoms with Gasteiger partial charge in [0, 0.05) is 31.3 Å². The minimum Gasteiger partial charge on any atom is -0.380 e. The van der Waals surface area contributed by atoms with E-state index in [0.717, 1.165) is 28.2 Å². The number of ether oxygens (including phenoxy) is 1. The number of methoxy groups -OCH3 is 1. The molecule has 1 aromatic carbocycles. The molecule has 0 aliphatic carbocycles. The molecule has 0 aliphatic heterocycles. The molecule has 0 atom stereocenters. The highest BCUT2D eigenvalue weighted by Gasteiger charge is 2.13. The Morgan fingerprint density at radius 2 is 2.14 bits per heavy atom. The third kappa shape index (κ3) is 2.77. The lowest BCUT2D eigenvalue weighted by Crippen LogP contribution is -2.03. The molecule has 0 spiro atoms. The smallest absolute Gasteiger partial charge is 0.164 e. The highest BCUT2D eigenvalue weighted by molar-refractivity contribution is 6.17. The van der Waals surface area contributed by atoms with Crippen molar-refractivity contribution in [3.63, 3.8) is 0 Å². The average molecular weight is 302 g/mol. The van der Waals surface area contributed by atoms with E-state index in [1.807, 2.05) is 30.3 Å². The molecule has 0 saturated heterocycles. The van der Waals surface area contributed by atoms with Gasteiger partial charge < -0.3 is 4.74 Å². The number of aryl methyl sites for hydroxylation is 1. The molecule has 21 heavy (non-hydrogen) atoms. The standard InChI is InChI=1S/C16H16ClN3O/c1-21-11-12-4-2-5-13(10-12)20-15(7-8-17)19-14-6-3-9-18-16(14)20/h2-6,9-10H,7-8,11H2,1H3. The van der Waals surface area contributed by atoms with E-state index < -0.39 is 0 Å². The summed E-state index contributed by atoms with van der Waals surface area (Å²) in [5.74, 6) is 1.45. The fraction of sp³-hybridized carbons (Fsp3) is 0.250. The molecule has 3 aromatic rings. The summed E-state index contributed by atoms with van der Waals surface area (Å²) in [5.41, 5.74) is 3.89. The number of halogens is 1. The maximum Gasteiger partial charge on any atom is 0.164 e. The molecule has 0 saturated carbocycles. The minimum absolute atomic E-state index is 0.529. The van der Waals surface area contributed by atoms with Crippen LogP contribution in [0.4, 0.5) is 0 Å². The van der Waals surface area contributed by atoms with Gasteiger partial charge in [-0.2, -0.15) is 0 Å². The number of rotatable bonds is 5. The van der Waals surface area contributed by atoms with E-state index in [4.69, 9.17) is 16.3 Å². The Kier molecular flexibility index (Phi) is 4.18. The summed E-state index contributed by atoms with van der Waals surface area (Å²) >= 11 is 5.91. The van der Waals surface area contributed by atoms with Crippen molar-refractivity contribution in [1.29, 1.82) is 0 Å². The molecule has 0 aliphatic rings. The van der Waals surface area contributed by atoms with Gasteiger partial charge in [0.25, 0.3) is 0 Å². The second-order valence-electron chi connectivity index (χ2n) is 4.75. The summed E-state index contributed by atoms with van der Waals surface area (Å²) < 4.78 is 7.27. The van der Waals surface area contributed by atoms with Crippen LogP contribution in [0.15, 0.2) is 42.6 Å². The molecule has 0 bridgehead atoms. The molecular formula is C16H16ClN3O. The molecule has 2 heterocycles. The normalized spacial score (nSPS) is 11.1. The fourth-order valence-electron chi connectivity index (χ4n) is 2.43. The molecule has 2 aromatic heterocycles. The first-order valence-electron chi connectivity index (χ1n) is 6.80. The largest absolute Gasteiger partial charge is 0.380 e. The van der Waals surface area contributed by atoms with Crippen molar-refractivity contribution >= 4 is 22.8 Å². The van der Waals surface area contributed by atoms with Crippen molar-refractivity contribution in [2.24, 2.45) is 0 Å². The van der Waals surface area contributed by atoms with Crippen LogP contribution in [0.3, 0.4) is 0 Å². The van der Waals surface area contributed by atoms with E-state index >= 15 is 0 Å². The van der Waals surface area contributed by atoms with Crippen molar-refractivity contribution in [3.8, 4) is 5.69 Å². The first kappa shape index (κ1) is 14.0. The number of aromatic nitrogens is 3. The molecule has 0 amide bonds. The van der Waals surface area contributed by atoms with Crippen molar-refractivity contribution < 1.29 is 4.74 Å². The average Bonchev–Trinajstić information content (AvgIpc) is 2.86. The van der Waals surface area contributed by atoms with Crippen LogP contribution < -0.4 is 0 Å². The van der Waals surface area contributed by atoms with E-state index in [9.17, 15) is 0 Å². The second kappa shape index (κ2) is 6.24. The lowest BCUT2D eigenvalue weighted by atomic mass is 10.2. The zero-order valence-corrected chi connectivity index (χ0v) is 12.5. The Morgan fingerprint density at radius 1 is 1.24 bits per heavy atom. The lowest BCUT2D eigenvalue weighted by Gasteiger charge is -2.09. The number of fused-ring (bicyclic) bond motifs is 1. The summed E-state index contributed by atoms with van der Waals surface area (Å²) in [6, 6.07) is 12.1. The molecule has 0 radical (unpaired) electrons. The van der Waals surface area contributed by atoms with Gasteiger partial charge in [-0.05, 0) is 29.8 Å². The topological polar surface area (TPSA) is 39.9 Å². The van der Waals surface area contributed by atoms with Gasteiger partial charge >= 0.3 is 0 Å². The predicted molar refractivity (Wildman–Crippen MR) is 84.0 cm³/mol. The van der Waals surface area contributed by atoms with Gasteiger partial charge in [0.15, 0.2) is 5.65 Å². The quantitative estimate of drug-likeness (QED) is 0.679. The van der Waals surface area contributed by atoms with Gasteiger partial charge in [-0.3, -0.25) is 4.57 Å². The van der Waals surface area contributed by atoms with Crippen LogP contribution in [0.25, 0.3) is 16.9 Å². The monoisotopic (exact) mass is 301 g/mol. The Morgan fingerprint density at radius 3 is 2.95 bits per heavy atom. The Labute approximate surface area is 128 Å². The zero-order chi connectivity index (χ0) is 14.7. The second-order valence-corrected chi connectivity index (χ2v) is 5.13. The summed E-state index contributed by atoms with van der Waals surface area (Å²) in [5, 5.41) is 0. The van der Waals surface area contributed by atoms with E-state index in [0.29, 0.717) is 18.9 Å². The first-order valence-corrected chi connectivity index (χ1v) is 7.33. The molecule has 108 valence electrons. The van der Waals surface area contributed by atoms with Gasteiger partial charge in [0.2, 0.25) is 0 Å².